The van der Waals surface area contributed by atoms with Crippen molar-refractivity contribution in [3.05, 3.63) is 36.4 Å². The number of aromatic nitrogens is 4. The fourth-order valence-corrected chi connectivity index (χ4v) is 1.93. The molecule has 0 bridgehead atoms. The van der Waals surface area contributed by atoms with E-state index in [0.29, 0.717) is 0 Å². The van der Waals surface area contributed by atoms with Crippen molar-refractivity contribution in [2.24, 2.45) is 0 Å². The Morgan fingerprint density at radius 2 is 2.05 bits per heavy atom. The standard InChI is InChI=1S/C14H23N5/c1-5-18-11-15-8-12(18)10-19-7-6-16-13(19)9-17-14(2,3)4/h6-8,11,17H,5,9-10H2,1-4H3. The molecule has 0 fully saturated rings. The fourth-order valence-electron chi connectivity index (χ4n) is 1.93. The van der Waals surface area contributed by atoms with Crippen molar-refractivity contribution in [2.45, 2.75) is 52.9 Å². The normalized spacial score (nSPS) is 12.0. The lowest BCUT2D eigenvalue weighted by molar-refractivity contribution is 0.412. The quantitative estimate of drug-likeness (QED) is 0.896. The van der Waals surface area contributed by atoms with Crippen LogP contribution in [-0.4, -0.2) is 24.6 Å². The second kappa shape index (κ2) is 5.57. The molecule has 0 amide bonds. The third-order valence-corrected chi connectivity index (χ3v) is 3.05. The van der Waals surface area contributed by atoms with Crippen LogP contribution in [0, 0.1) is 0 Å². The van der Waals surface area contributed by atoms with Gasteiger partial charge in [-0.25, -0.2) is 9.97 Å². The molecule has 1 N–H and O–H groups in total. The maximum absolute atomic E-state index is 4.43. The van der Waals surface area contributed by atoms with E-state index < -0.39 is 0 Å². The molecule has 0 radical (unpaired) electrons. The van der Waals surface area contributed by atoms with E-state index in [0.717, 1.165) is 25.5 Å². The number of nitrogens with one attached hydrogen (secondary N) is 1. The highest BCUT2D eigenvalue weighted by molar-refractivity contribution is 5.03. The zero-order valence-corrected chi connectivity index (χ0v) is 12.2. The van der Waals surface area contributed by atoms with Crippen LogP contribution in [0.5, 0.6) is 0 Å². The summed E-state index contributed by atoms with van der Waals surface area (Å²) < 4.78 is 4.32. The molecule has 0 aromatic carbocycles. The zero-order valence-electron chi connectivity index (χ0n) is 12.2. The summed E-state index contributed by atoms with van der Waals surface area (Å²) in [5, 5.41) is 3.47. The maximum Gasteiger partial charge on any atom is 0.123 e. The molecule has 19 heavy (non-hydrogen) atoms. The number of nitrogens with zero attached hydrogens (tertiary/aromatic N) is 4. The van der Waals surface area contributed by atoms with Gasteiger partial charge in [0.15, 0.2) is 0 Å². The highest BCUT2D eigenvalue weighted by Crippen LogP contribution is 2.07. The Hall–Kier alpha value is -1.62. The van der Waals surface area contributed by atoms with Gasteiger partial charge in [-0.15, -0.1) is 0 Å². The van der Waals surface area contributed by atoms with Gasteiger partial charge in [0.1, 0.15) is 5.82 Å². The molecule has 2 heterocycles. The van der Waals surface area contributed by atoms with Crippen molar-refractivity contribution >= 4 is 0 Å². The molecule has 0 spiro atoms. The van der Waals surface area contributed by atoms with Crippen LogP contribution in [0.15, 0.2) is 24.9 Å². The summed E-state index contributed by atoms with van der Waals surface area (Å²) >= 11 is 0. The van der Waals surface area contributed by atoms with Crippen LogP contribution >= 0.6 is 0 Å². The first-order valence-electron chi connectivity index (χ1n) is 6.73. The number of hydrogen-bond acceptors (Lipinski definition) is 3. The van der Waals surface area contributed by atoms with Crippen molar-refractivity contribution < 1.29 is 0 Å². The van der Waals surface area contributed by atoms with Crippen LogP contribution in [0.4, 0.5) is 0 Å². The van der Waals surface area contributed by atoms with Gasteiger partial charge in [-0.2, -0.15) is 0 Å². The van der Waals surface area contributed by atoms with Crippen LogP contribution in [0.1, 0.15) is 39.2 Å². The highest BCUT2D eigenvalue weighted by Gasteiger charge is 2.11. The highest BCUT2D eigenvalue weighted by atomic mass is 15.1. The Balaban J connectivity index is 2.07. The van der Waals surface area contributed by atoms with Gasteiger partial charge in [0.05, 0.1) is 25.1 Å². The van der Waals surface area contributed by atoms with Gasteiger partial charge in [-0.3, -0.25) is 0 Å². The monoisotopic (exact) mass is 261 g/mol. The molecule has 5 heteroatoms. The molecule has 2 aromatic rings. The smallest absolute Gasteiger partial charge is 0.123 e. The SMILES string of the molecule is CCn1cncc1Cn1ccnc1CNC(C)(C)C. The minimum atomic E-state index is 0.0992. The van der Waals surface area contributed by atoms with Crippen LogP contribution in [0.25, 0.3) is 0 Å². The summed E-state index contributed by atoms with van der Waals surface area (Å²) in [7, 11) is 0. The Bertz CT molecular complexity index is 518. The van der Waals surface area contributed by atoms with Crippen molar-refractivity contribution in [3.63, 3.8) is 0 Å². The minimum Gasteiger partial charge on any atom is -0.333 e. The predicted octanol–water partition coefficient (Wildman–Crippen LogP) is 2.04. The van der Waals surface area contributed by atoms with Crippen LogP contribution < -0.4 is 5.32 Å². The van der Waals surface area contributed by atoms with Gasteiger partial charge in [-0.1, -0.05) is 0 Å². The Labute approximate surface area is 114 Å². The van der Waals surface area contributed by atoms with Crippen molar-refractivity contribution in [2.75, 3.05) is 0 Å². The van der Waals surface area contributed by atoms with E-state index in [9.17, 15) is 0 Å². The Morgan fingerprint density at radius 1 is 1.26 bits per heavy atom. The number of imidazole rings is 2. The van der Waals surface area contributed by atoms with Gasteiger partial charge in [0.2, 0.25) is 0 Å². The number of aryl methyl sites for hydroxylation is 1. The number of rotatable bonds is 5. The molecule has 0 saturated heterocycles. The molecule has 0 unspecified atom stereocenters. The van der Waals surface area contributed by atoms with E-state index in [1.165, 1.54) is 5.69 Å². The summed E-state index contributed by atoms with van der Waals surface area (Å²) in [5.74, 6) is 1.05. The summed E-state index contributed by atoms with van der Waals surface area (Å²) in [6, 6.07) is 0. The maximum atomic E-state index is 4.43. The Kier molecular flexibility index (Phi) is 4.04. The minimum absolute atomic E-state index is 0.0992. The van der Waals surface area contributed by atoms with Gasteiger partial charge >= 0.3 is 0 Å². The molecular weight excluding hydrogens is 238 g/mol. The summed E-state index contributed by atoms with van der Waals surface area (Å²) in [4.78, 5) is 8.63. The molecule has 0 atom stereocenters. The molecule has 0 aliphatic rings. The van der Waals surface area contributed by atoms with E-state index in [1.807, 2.05) is 24.9 Å². The van der Waals surface area contributed by atoms with Crippen LogP contribution in [0.2, 0.25) is 0 Å². The predicted molar refractivity (Wildman–Crippen MR) is 75.8 cm³/mol. The topological polar surface area (TPSA) is 47.7 Å². The van der Waals surface area contributed by atoms with Crippen molar-refractivity contribution in [3.8, 4) is 0 Å². The van der Waals surface area contributed by atoms with Crippen LogP contribution in [0.3, 0.4) is 0 Å². The second-order valence-electron chi connectivity index (χ2n) is 5.75. The zero-order chi connectivity index (χ0) is 13.9. The van der Waals surface area contributed by atoms with Gasteiger partial charge in [0, 0.05) is 30.7 Å². The van der Waals surface area contributed by atoms with Gasteiger partial charge in [-0.05, 0) is 27.7 Å². The average molecular weight is 261 g/mol. The van der Waals surface area contributed by atoms with Crippen LogP contribution in [-0.2, 0) is 19.6 Å². The second-order valence-corrected chi connectivity index (χ2v) is 5.75. The summed E-state index contributed by atoms with van der Waals surface area (Å²) in [5.41, 5.74) is 1.31. The van der Waals surface area contributed by atoms with E-state index >= 15 is 0 Å². The van der Waals surface area contributed by atoms with E-state index in [1.54, 1.807) is 0 Å². The summed E-state index contributed by atoms with van der Waals surface area (Å²) in [6.07, 6.45) is 7.67. The first-order valence-corrected chi connectivity index (χ1v) is 6.73. The molecule has 5 nitrogen and oxygen atoms in total. The molecular formula is C14H23N5. The first kappa shape index (κ1) is 13.8. The third-order valence-electron chi connectivity index (χ3n) is 3.05. The molecule has 0 aliphatic carbocycles. The molecule has 0 saturated carbocycles. The van der Waals surface area contributed by atoms with E-state index in [4.69, 9.17) is 0 Å². The lowest BCUT2D eigenvalue weighted by Crippen LogP contribution is -2.36. The van der Waals surface area contributed by atoms with Gasteiger partial charge < -0.3 is 14.5 Å². The number of hydrogen-bond donors (Lipinski definition) is 1. The Morgan fingerprint density at radius 3 is 2.74 bits per heavy atom. The molecule has 2 aromatic heterocycles. The largest absolute Gasteiger partial charge is 0.333 e. The van der Waals surface area contributed by atoms with Gasteiger partial charge in [0.25, 0.3) is 0 Å². The van der Waals surface area contributed by atoms with E-state index in [-0.39, 0.29) is 5.54 Å². The third kappa shape index (κ3) is 3.67. The average Bonchev–Trinajstić information content (AvgIpc) is 2.95. The lowest BCUT2D eigenvalue weighted by atomic mass is 10.1. The molecule has 2 rings (SSSR count). The molecule has 0 aliphatic heterocycles. The van der Waals surface area contributed by atoms with Crippen molar-refractivity contribution in [1.29, 1.82) is 0 Å². The van der Waals surface area contributed by atoms with Crippen molar-refractivity contribution in [1.82, 2.24) is 24.4 Å². The first-order chi connectivity index (χ1) is 8.99. The lowest BCUT2D eigenvalue weighted by Gasteiger charge is -2.20. The van der Waals surface area contributed by atoms with E-state index in [2.05, 4.69) is 52.1 Å². The fraction of sp³-hybridized carbons (Fsp3) is 0.571. The molecule has 104 valence electrons. The summed E-state index contributed by atoms with van der Waals surface area (Å²) in [6.45, 7) is 11.1.